The molecule has 242 valence electrons. The Bertz CT molecular complexity index is 1530. The molecule has 1 saturated carbocycles. The van der Waals surface area contributed by atoms with Gasteiger partial charge in [0, 0.05) is 68.0 Å². The quantitative estimate of drug-likeness (QED) is 0.326. The minimum atomic E-state index is -0.501. The zero-order valence-electron chi connectivity index (χ0n) is 27.9. The molecule has 3 saturated heterocycles. The lowest BCUT2D eigenvalue weighted by molar-refractivity contribution is -0.136. The molecule has 3 aliphatic heterocycles. The summed E-state index contributed by atoms with van der Waals surface area (Å²) in [5, 5.41) is 4.88. The highest BCUT2D eigenvalue weighted by molar-refractivity contribution is 7.19. The van der Waals surface area contributed by atoms with Crippen LogP contribution in [0, 0.1) is 25.7 Å². The second kappa shape index (κ2) is 12.3. The molecule has 0 spiro atoms. The number of likely N-dealkylation sites (tertiary alicyclic amines) is 1. The Hall–Kier alpha value is -2.52. The van der Waals surface area contributed by atoms with Crippen LogP contribution in [0.4, 0.5) is 0 Å². The van der Waals surface area contributed by atoms with Crippen molar-refractivity contribution in [3.8, 4) is 11.3 Å². The maximum absolute atomic E-state index is 14.0. The number of hydrogen-bond acceptors (Lipinski definition) is 6. The summed E-state index contributed by atoms with van der Waals surface area (Å²) in [6, 6.07) is 9.49. The molecule has 4 aliphatic rings. The normalized spacial score (nSPS) is 25.1. The highest BCUT2D eigenvalue weighted by Crippen LogP contribution is 2.45. The van der Waals surface area contributed by atoms with Crippen LogP contribution in [0.1, 0.15) is 68.0 Å². The van der Waals surface area contributed by atoms with Crippen molar-refractivity contribution in [1.82, 2.24) is 25.0 Å². The second-order valence-electron chi connectivity index (χ2n) is 14.9. The van der Waals surface area contributed by atoms with E-state index in [0.29, 0.717) is 23.7 Å². The van der Waals surface area contributed by atoms with Crippen LogP contribution in [0.25, 0.3) is 21.5 Å². The number of amides is 1. The van der Waals surface area contributed by atoms with Crippen molar-refractivity contribution in [2.75, 3.05) is 52.4 Å². The van der Waals surface area contributed by atoms with E-state index in [4.69, 9.17) is 0 Å². The largest absolute Gasteiger partial charge is 0.346 e. The van der Waals surface area contributed by atoms with E-state index in [9.17, 15) is 9.59 Å². The van der Waals surface area contributed by atoms with Crippen molar-refractivity contribution in [2.24, 2.45) is 11.8 Å². The molecule has 7 rings (SSSR count). The van der Waals surface area contributed by atoms with Crippen molar-refractivity contribution in [3.63, 3.8) is 0 Å². The predicted octanol–water partition coefficient (Wildman–Crippen LogP) is 5.53. The molecule has 4 fully saturated rings. The predicted molar refractivity (Wildman–Crippen MR) is 184 cm³/mol. The van der Waals surface area contributed by atoms with E-state index < -0.39 is 5.41 Å². The number of piperazine rings is 1. The first-order chi connectivity index (χ1) is 21.6. The number of fused-ring (bicyclic) bond motifs is 3. The van der Waals surface area contributed by atoms with Crippen LogP contribution in [0.15, 0.2) is 24.3 Å². The van der Waals surface area contributed by atoms with Gasteiger partial charge in [0.15, 0.2) is 0 Å². The van der Waals surface area contributed by atoms with Gasteiger partial charge in [0.25, 0.3) is 0 Å². The fourth-order valence-electron chi connectivity index (χ4n) is 8.74. The van der Waals surface area contributed by atoms with Gasteiger partial charge in [-0.3, -0.25) is 14.5 Å². The Balaban J connectivity index is 1.11. The third-order valence-electron chi connectivity index (χ3n) is 11.5. The van der Waals surface area contributed by atoms with Crippen LogP contribution in [-0.2, 0) is 21.4 Å². The summed E-state index contributed by atoms with van der Waals surface area (Å²) in [6.07, 6.45) is 5.54. The molecule has 1 amide bonds. The number of aryl methyl sites for hydroxylation is 2. The number of Topliss-reactive ketones (excluding diaryl/α,β-unsaturated/α-hetero) is 1. The van der Waals surface area contributed by atoms with Gasteiger partial charge in [0.05, 0.1) is 17.2 Å². The van der Waals surface area contributed by atoms with Gasteiger partial charge in [0.2, 0.25) is 5.91 Å². The minimum absolute atomic E-state index is 0.0313. The number of aromatic amines is 1. The molecule has 4 unspecified atom stereocenters. The molecule has 7 nitrogen and oxygen atoms in total. The highest BCUT2D eigenvalue weighted by Gasteiger charge is 2.50. The van der Waals surface area contributed by atoms with Gasteiger partial charge in [-0.1, -0.05) is 17.2 Å². The molecule has 1 aliphatic carbocycles. The standard InChI is InChI=1S/C37H51N5O2S/c1-23-18-24(2)20-27(19-23)33-28(10-13-40-14-16-41(17-15-40)25(3)36(44)42-11-6-7-12-42)29-21-31(45-35(29)39-33)37(4,5)34(43)32-26-8-9-30(32)38-22-26/h18-21,25-26,30,32,38-39H,6-17,22H2,1-5H3. The van der Waals surface area contributed by atoms with Gasteiger partial charge in [-0.2, -0.15) is 0 Å². The van der Waals surface area contributed by atoms with Crippen LogP contribution in [0.2, 0.25) is 0 Å². The summed E-state index contributed by atoms with van der Waals surface area (Å²) in [6.45, 7) is 18.4. The van der Waals surface area contributed by atoms with Crippen LogP contribution in [0.5, 0.6) is 0 Å². The highest BCUT2D eigenvalue weighted by atomic mass is 32.1. The van der Waals surface area contributed by atoms with Gasteiger partial charge in [-0.25, -0.2) is 0 Å². The number of H-pyrrole nitrogens is 1. The molecule has 1 aromatic carbocycles. The van der Waals surface area contributed by atoms with Gasteiger partial charge in [-0.15, -0.1) is 11.3 Å². The van der Waals surface area contributed by atoms with Gasteiger partial charge < -0.3 is 20.1 Å². The van der Waals surface area contributed by atoms with Gasteiger partial charge in [0.1, 0.15) is 10.6 Å². The summed E-state index contributed by atoms with van der Waals surface area (Å²) in [5.74, 6) is 1.37. The van der Waals surface area contributed by atoms with E-state index in [2.05, 4.69) is 83.9 Å². The number of carbonyl (C=O) groups excluding carboxylic acids is 2. The van der Waals surface area contributed by atoms with E-state index in [-0.39, 0.29) is 12.0 Å². The van der Waals surface area contributed by atoms with E-state index >= 15 is 0 Å². The van der Waals surface area contributed by atoms with E-state index in [1.807, 2.05) is 0 Å². The average Bonchev–Trinajstić information content (AvgIpc) is 3.86. The number of nitrogens with zero attached hydrogens (tertiary/aromatic N) is 3. The Labute approximate surface area is 272 Å². The minimum Gasteiger partial charge on any atom is -0.346 e. The van der Waals surface area contributed by atoms with Crippen molar-refractivity contribution >= 4 is 33.2 Å². The molecule has 2 bridgehead atoms. The van der Waals surface area contributed by atoms with Gasteiger partial charge in [-0.05, 0) is 109 Å². The number of hydrogen-bond donors (Lipinski definition) is 2. The maximum atomic E-state index is 14.0. The summed E-state index contributed by atoms with van der Waals surface area (Å²) in [7, 11) is 0. The Morgan fingerprint density at radius 2 is 1.69 bits per heavy atom. The number of ketones is 1. The zero-order chi connectivity index (χ0) is 31.5. The van der Waals surface area contributed by atoms with Crippen molar-refractivity contribution in [2.45, 2.75) is 84.2 Å². The van der Waals surface area contributed by atoms with Crippen LogP contribution < -0.4 is 5.32 Å². The summed E-state index contributed by atoms with van der Waals surface area (Å²) in [5.41, 5.74) is 5.88. The number of benzene rings is 1. The van der Waals surface area contributed by atoms with E-state index in [1.54, 1.807) is 11.3 Å². The number of carbonyl (C=O) groups is 2. The summed E-state index contributed by atoms with van der Waals surface area (Å²) >= 11 is 1.78. The van der Waals surface area contributed by atoms with E-state index in [1.165, 1.54) is 49.5 Å². The molecule has 2 aromatic heterocycles. The third-order valence-corrected chi connectivity index (χ3v) is 12.9. The monoisotopic (exact) mass is 629 g/mol. The molecule has 3 aromatic rings. The van der Waals surface area contributed by atoms with Crippen molar-refractivity contribution < 1.29 is 9.59 Å². The molecule has 5 heterocycles. The molecular formula is C37H51N5O2S. The van der Waals surface area contributed by atoms with Crippen LogP contribution in [0.3, 0.4) is 0 Å². The number of rotatable bonds is 9. The summed E-state index contributed by atoms with van der Waals surface area (Å²) in [4.78, 5) is 40.2. The molecule has 45 heavy (non-hydrogen) atoms. The van der Waals surface area contributed by atoms with E-state index in [0.717, 1.165) is 78.0 Å². The Kier molecular flexibility index (Phi) is 8.47. The first kappa shape index (κ1) is 31.1. The summed E-state index contributed by atoms with van der Waals surface area (Å²) < 4.78 is 0. The lowest BCUT2D eigenvalue weighted by Gasteiger charge is -2.38. The molecule has 8 heteroatoms. The SMILES string of the molecule is Cc1cc(C)cc(-c2[nH]c3sc(C(C)(C)C(=O)C4C5CCC4NC5)cc3c2CCN2CCN(C(C)C(=O)N3CCCC3)CC2)c1. The molecular weight excluding hydrogens is 579 g/mol. The number of nitrogens with one attached hydrogen (secondary N) is 2. The second-order valence-corrected chi connectivity index (χ2v) is 16.0. The zero-order valence-corrected chi connectivity index (χ0v) is 28.7. The first-order valence-electron chi connectivity index (χ1n) is 17.4. The first-order valence-corrected chi connectivity index (χ1v) is 18.2. The van der Waals surface area contributed by atoms with Crippen molar-refractivity contribution in [3.05, 3.63) is 45.8 Å². The smallest absolute Gasteiger partial charge is 0.239 e. The number of aromatic nitrogens is 1. The topological polar surface area (TPSA) is 71.7 Å². The number of thiophene rings is 1. The maximum Gasteiger partial charge on any atom is 0.239 e. The van der Waals surface area contributed by atoms with Crippen LogP contribution in [-0.4, -0.2) is 95.8 Å². The van der Waals surface area contributed by atoms with Crippen LogP contribution >= 0.6 is 11.3 Å². The Morgan fingerprint density at radius 1 is 0.978 bits per heavy atom. The Morgan fingerprint density at radius 3 is 2.31 bits per heavy atom. The van der Waals surface area contributed by atoms with Crippen molar-refractivity contribution in [1.29, 1.82) is 0 Å². The molecule has 0 radical (unpaired) electrons. The van der Waals surface area contributed by atoms with Gasteiger partial charge >= 0.3 is 0 Å². The molecule has 2 N–H and O–H groups in total. The average molecular weight is 630 g/mol. The number of piperidine rings is 1. The lowest BCUT2D eigenvalue weighted by atomic mass is 9.76. The fourth-order valence-corrected chi connectivity index (χ4v) is 9.94. The third kappa shape index (κ3) is 5.81. The lowest BCUT2D eigenvalue weighted by Crippen LogP contribution is -2.54. The molecule has 4 atom stereocenters. The fraction of sp³-hybridized carbons (Fsp3) is 0.622.